The van der Waals surface area contributed by atoms with E-state index < -0.39 is 0 Å². The molecule has 0 saturated carbocycles. The molecule has 1 heterocycles. The predicted molar refractivity (Wildman–Crippen MR) is 63.3 cm³/mol. The third-order valence-corrected chi connectivity index (χ3v) is 2.94. The molecule has 14 heavy (non-hydrogen) atoms. The second-order valence-electron chi connectivity index (χ2n) is 3.16. The summed E-state index contributed by atoms with van der Waals surface area (Å²) in [6.07, 6.45) is 1.98. The minimum Gasteiger partial charge on any atom is -0.348 e. The third-order valence-electron chi connectivity index (χ3n) is 1.58. The fraction of sp³-hybridized carbons (Fsp3) is 0.300. The third kappa shape index (κ3) is 3.55. The van der Waals surface area contributed by atoms with Crippen molar-refractivity contribution in [3.63, 3.8) is 0 Å². The van der Waals surface area contributed by atoms with Crippen LogP contribution in [0.3, 0.4) is 0 Å². The van der Waals surface area contributed by atoms with E-state index in [2.05, 4.69) is 17.9 Å². The Hall–Kier alpha value is -0.740. The summed E-state index contributed by atoms with van der Waals surface area (Å²) < 4.78 is 0. The lowest BCUT2D eigenvalue weighted by Crippen LogP contribution is -2.22. The molecule has 0 radical (unpaired) electrons. The van der Waals surface area contributed by atoms with E-state index in [0.717, 1.165) is 4.90 Å². The van der Waals surface area contributed by atoms with E-state index >= 15 is 0 Å². The Kier molecular flexibility index (Phi) is 4.22. The van der Waals surface area contributed by atoms with Crippen LogP contribution in [0.15, 0.2) is 28.0 Å². The topological polar surface area (TPSA) is 29.1 Å². The molecule has 0 saturated heterocycles. The van der Waals surface area contributed by atoms with Crippen LogP contribution in [-0.2, 0) is 0 Å². The van der Waals surface area contributed by atoms with Gasteiger partial charge in [-0.1, -0.05) is 11.6 Å². The van der Waals surface area contributed by atoms with Crippen LogP contribution in [0.4, 0.5) is 0 Å². The zero-order valence-electron chi connectivity index (χ0n) is 8.20. The second kappa shape index (κ2) is 5.22. The number of amides is 1. The Morgan fingerprint density at radius 2 is 2.36 bits per heavy atom. The van der Waals surface area contributed by atoms with Crippen LogP contribution in [0, 0.1) is 0 Å². The van der Waals surface area contributed by atoms with Crippen molar-refractivity contribution in [2.75, 3.05) is 6.54 Å². The zero-order valence-corrected chi connectivity index (χ0v) is 9.91. The standard InChI is InChI=1S/C10H13NOS2/c1-7(2)3-4-11-10(12)9-5-8(13)6-14-9/h3,5-6,13H,4H2,1-2H3,(H,11,12). The lowest BCUT2D eigenvalue weighted by atomic mass is 10.3. The minimum absolute atomic E-state index is 0.0344. The van der Waals surface area contributed by atoms with Crippen molar-refractivity contribution >= 4 is 29.9 Å². The Morgan fingerprint density at radius 3 is 2.86 bits per heavy atom. The molecule has 0 aliphatic heterocycles. The van der Waals surface area contributed by atoms with Gasteiger partial charge in [-0.3, -0.25) is 4.79 Å². The molecule has 0 spiro atoms. The van der Waals surface area contributed by atoms with Gasteiger partial charge in [-0.25, -0.2) is 0 Å². The van der Waals surface area contributed by atoms with E-state index in [-0.39, 0.29) is 5.91 Å². The summed E-state index contributed by atoms with van der Waals surface area (Å²) in [6, 6.07) is 1.77. The molecule has 2 nitrogen and oxygen atoms in total. The highest BCUT2D eigenvalue weighted by Crippen LogP contribution is 2.17. The maximum Gasteiger partial charge on any atom is 0.261 e. The Morgan fingerprint density at radius 1 is 1.64 bits per heavy atom. The summed E-state index contributed by atoms with van der Waals surface area (Å²) >= 11 is 5.55. The van der Waals surface area contributed by atoms with E-state index in [4.69, 9.17) is 0 Å². The molecule has 0 atom stereocenters. The predicted octanol–water partition coefficient (Wildman–Crippen LogP) is 2.73. The van der Waals surface area contributed by atoms with E-state index in [1.54, 1.807) is 6.07 Å². The summed E-state index contributed by atoms with van der Waals surface area (Å²) in [5, 5.41) is 4.65. The highest BCUT2D eigenvalue weighted by molar-refractivity contribution is 7.80. The minimum atomic E-state index is -0.0344. The van der Waals surface area contributed by atoms with Gasteiger partial charge in [0.25, 0.3) is 5.91 Å². The molecule has 0 aliphatic rings. The molecule has 0 fully saturated rings. The van der Waals surface area contributed by atoms with Gasteiger partial charge in [0.05, 0.1) is 4.88 Å². The highest BCUT2D eigenvalue weighted by Gasteiger charge is 2.05. The summed E-state index contributed by atoms with van der Waals surface area (Å²) in [4.78, 5) is 13.0. The smallest absolute Gasteiger partial charge is 0.261 e. The number of thiophene rings is 1. The fourth-order valence-electron chi connectivity index (χ4n) is 0.880. The molecule has 0 unspecified atom stereocenters. The number of allylic oxidation sites excluding steroid dienone is 1. The van der Waals surface area contributed by atoms with Gasteiger partial charge < -0.3 is 5.32 Å². The maximum absolute atomic E-state index is 11.5. The first-order valence-corrected chi connectivity index (χ1v) is 5.61. The molecule has 0 bridgehead atoms. The van der Waals surface area contributed by atoms with Crippen LogP contribution in [0.5, 0.6) is 0 Å². The highest BCUT2D eigenvalue weighted by atomic mass is 32.1. The summed E-state index contributed by atoms with van der Waals surface area (Å²) in [5.41, 5.74) is 1.20. The van der Waals surface area contributed by atoms with Crippen molar-refractivity contribution in [1.29, 1.82) is 0 Å². The molecule has 0 aliphatic carbocycles. The van der Waals surface area contributed by atoms with Crippen molar-refractivity contribution in [2.45, 2.75) is 18.7 Å². The van der Waals surface area contributed by atoms with Crippen LogP contribution >= 0.6 is 24.0 Å². The van der Waals surface area contributed by atoms with Gasteiger partial charge in [0.15, 0.2) is 0 Å². The lowest BCUT2D eigenvalue weighted by molar-refractivity contribution is 0.0962. The SMILES string of the molecule is CC(C)=CCNC(=O)c1cc(S)cs1. The molecule has 1 aromatic rings. The Labute approximate surface area is 93.4 Å². The van der Waals surface area contributed by atoms with E-state index in [1.165, 1.54) is 16.9 Å². The van der Waals surface area contributed by atoms with Crippen LogP contribution in [0.2, 0.25) is 0 Å². The van der Waals surface area contributed by atoms with Gasteiger partial charge in [-0.2, -0.15) is 0 Å². The lowest BCUT2D eigenvalue weighted by Gasteiger charge is -1.99. The molecule has 1 aromatic heterocycles. The van der Waals surface area contributed by atoms with Crippen LogP contribution in [0.25, 0.3) is 0 Å². The van der Waals surface area contributed by atoms with Crippen molar-refractivity contribution in [3.05, 3.63) is 28.0 Å². The van der Waals surface area contributed by atoms with Gasteiger partial charge in [-0.05, 0) is 19.9 Å². The van der Waals surface area contributed by atoms with Crippen LogP contribution in [0.1, 0.15) is 23.5 Å². The fourth-order valence-corrected chi connectivity index (χ4v) is 1.94. The molecule has 4 heteroatoms. The first kappa shape index (κ1) is 11.3. The molecule has 1 amide bonds. The molecule has 0 aromatic carbocycles. The van der Waals surface area contributed by atoms with E-state index in [9.17, 15) is 4.79 Å². The van der Waals surface area contributed by atoms with Crippen molar-refractivity contribution in [1.82, 2.24) is 5.32 Å². The second-order valence-corrected chi connectivity index (χ2v) is 4.59. The molecular weight excluding hydrogens is 214 g/mol. The first-order chi connectivity index (χ1) is 6.59. The Bertz CT molecular complexity index is 351. The Balaban J connectivity index is 2.47. The molecule has 76 valence electrons. The van der Waals surface area contributed by atoms with Gasteiger partial charge in [0, 0.05) is 16.8 Å². The molecule has 1 N–H and O–H groups in total. The van der Waals surface area contributed by atoms with Crippen molar-refractivity contribution in [2.24, 2.45) is 0 Å². The van der Waals surface area contributed by atoms with E-state index in [1.807, 2.05) is 25.3 Å². The van der Waals surface area contributed by atoms with Crippen molar-refractivity contribution < 1.29 is 4.79 Å². The number of thiol groups is 1. The monoisotopic (exact) mass is 227 g/mol. The number of carbonyl (C=O) groups is 1. The van der Waals surface area contributed by atoms with Crippen LogP contribution < -0.4 is 5.32 Å². The average molecular weight is 227 g/mol. The summed E-state index contributed by atoms with van der Waals surface area (Å²) in [6.45, 7) is 4.59. The normalized spacial score (nSPS) is 9.64. The van der Waals surface area contributed by atoms with Crippen LogP contribution in [-0.4, -0.2) is 12.5 Å². The zero-order chi connectivity index (χ0) is 10.6. The summed E-state index contributed by atoms with van der Waals surface area (Å²) in [7, 11) is 0. The molecule has 1 rings (SSSR count). The summed E-state index contributed by atoms with van der Waals surface area (Å²) in [5.74, 6) is -0.0344. The van der Waals surface area contributed by atoms with E-state index in [0.29, 0.717) is 11.4 Å². The first-order valence-electron chi connectivity index (χ1n) is 4.28. The van der Waals surface area contributed by atoms with Gasteiger partial charge >= 0.3 is 0 Å². The van der Waals surface area contributed by atoms with Gasteiger partial charge in [0.2, 0.25) is 0 Å². The van der Waals surface area contributed by atoms with Gasteiger partial charge in [-0.15, -0.1) is 24.0 Å². The largest absolute Gasteiger partial charge is 0.348 e. The number of rotatable bonds is 3. The number of nitrogens with one attached hydrogen (secondary N) is 1. The molecular formula is C10H13NOS2. The number of hydrogen-bond donors (Lipinski definition) is 2. The number of hydrogen-bond acceptors (Lipinski definition) is 3. The van der Waals surface area contributed by atoms with Crippen molar-refractivity contribution in [3.8, 4) is 0 Å². The number of carbonyl (C=O) groups excluding carboxylic acids is 1. The maximum atomic E-state index is 11.5. The quantitative estimate of drug-likeness (QED) is 0.603. The average Bonchev–Trinajstić information content (AvgIpc) is 2.51. The van der Waals surface area contributed by atoms with Gasteiger partial charge in [0.1, 0.15) is 0 Å².